The lowest BCUT2D eigenvalue weighted by atomic mass is 10.0. The molecule has 90 valence electrons. The van der Waals surface area contributed by atoms with Gasteiger partial charge < -0.3 is 4.42 Å². The monoisotopic (exact) mass is 242 g/mol. The van der Waals surface area contributed by atoms with Crippen molar-refractivity contribution in [3.63, 3.8) is 0 Å². The second kappa shape index (κ2) is 3.67. The number of rotatable bonds is 2. The van der Waals surface area contributed by atoms with E-state index in [4.69, 9.17) is 4.42 Å². The van der Waals surface area contributed by atoms with Crippen LogP contribution in [0.1, 0.15) is 41.3 Å². The molecule has 0 spiro atoms. The van der Waals surface area contributed by atoms with Crippen molar-refractivity contribution in [2.45, 2.75) is 25.7 Å². The number of nitrogens with zero attached hydrogens (tertiary/aromatic N) is 2. The average Bonchev–Trinajstić information content (AvgIpc) is 3.11. The van der Waals surface area contributed by atoms with E-state index in [1.165, 1.54) is 6.08 Å². The minimum Gasteiger partial charge on any atom is -0.437 e. The minimum absolute atomic E-state index is 0.0777. The average molecular weight is 242 g/mol. The van der Waals surface area contributed by atoms with Crippen LogP contribution in [0, 0.1) is 24.1 Å². The molecule has 3 nitrogen and oxygen atoms in total. The predicted molar refractivity (Wildman–Crippen MR) is 65.5 cm³/mol. The largest absolute Gasteiger partial charge is 0.437 e. The summed E-state index contributed by atoms with van der Waals surface area (Å²) in [6, 6.07) is 2.08. The molecule has 0 amide bonds. The molecule has 1 fully saturated rings. The predicted octanol–water partition coefficient (Wildman–Crippen LogP) is 3.67. The number of hydrogen-bond acceptors (Lipinski definition) is 3. The molecule has 0 aliphatic heterocycles. The van der Waals surface area contributed by atoms with Crippen molar-refractivity contribution < 1.29 is 8.81 Å². The second-order valence-electron chi connectivity index (χ2n) is 4.55. The Kier molecular flexibility index (Phi) is 2.24. The van der Waals surface area contributed by atoms with Gasteiger partial charge in [-0.2, -0.15) is 5.26 Å². The Bertz CT molecular complexity index is 705. The fourth-order valence-electron chi connectivity index (χ4n) is 2.14. The molecule has 1 saturated carbocycles. The van der Waals surface area contributed by atoms with E-state index in [0.717, 1.165) is 12.8 Å². The number of benzene rings is 1. The van der Waals surface area contributed by atoms with Crippen LogP contribution in [0.4, 0.5) is 4.39 Å². The summed E-state index contributed by atoms with van der Waals surface area (Å²) < 4.78 is 19.7. The first-order chi connectivity index (χ1) is 8.67. The van der Waals surface area contributed by atoms with Crippen LogP contribution in [0.3, 0.4) is 0 Å². The van der Waals surface area contributed by atoms with Crippen LogP contribution in [0.5, 0.6) is 0 Å². The smallest absolute Gasteiger partial charge is 0.198 e. The standard InChI is InChI=1S/C14H11FN2O/c1-3-9-7(2)10(6-16)12-13(11(9)15)18-14(17-12)8-4-5-8/h3,8H,1,4-5H2,2H3. The maximum atomic E-state index is 14.2. The van der Waals surface area contributed by atoms with Crippen molar-refractivity contribution in [1.29, 1.82) is 5.26 Å². The summed E-state index contributed by atoms with van der Waals surface area (Å²) in [7, 11) is 0. The van der Waals surface area contributed by atoms with E-state index in [0.29, 0.717) is 28.1 Å². The molecule has 1 aliphatic rings. The SMILES string of the molecule is C=Cc1c(C)c(C#N)c2nc(C3CC3)oc2c1F. The number of oxazole rings is 1. The summed E-state index contributed by atoms with van der Waals surface area (Å²) in [5.41, 5.74) is 1.66. The van der Waals surface area contributed by atoms with Gasteiger partial charge in [0.1, 0.15) is 11.6 Å². The van der Waals surface area contributed by atoms with E-state index >= 15 is 0 Å². The highest BCUT2D eigenvalue weighted by Gasteiger charge is 2.31. The zero-order chi connectivity index (χ0) is 12.9. The molecular formula is C14H11FN2O. The van der Waals surface area contributed by atoms with Gasteiger partial charge in [0.15, 0.2) is 17.3 Å². The fourth-order valence-corrected chi connectivity index (χ4v) is 2.14. The maximum Gasteiger partial charge on any atom is 0.198 e. The van der Waals surface area contributed by atoms with Crippen LogP contribution in [0.2, 0.25) is 0 Å². The Morgan fingerprint density at radius 1 is 1.56 bits per heavy atom. The number of hydrogen-bond donors (Lipinski definition) is 0. The molecule has 0 N–H and O–H groups in total. The van der Waals surface area contributed by atoms with E-state index in [2.05, 4.69) is 17.6 Å². The fraction of sp³-hybridized carbons (Fsp3) is 0.286. The van der Waals surface area contributed by atoms with Gasteiger partial charge in [0.05, 0.1) is 5.56 Å². The Morgan fingerprint density at radius 2 is 2.28 bits per heavy atom. The molecule has 1 aromatic carbocycles. The van der Waals surface area contributed by atoms with Gasteiger partial charge in [-0.1, -0.05) is 12.7 Å². The van der Waals surface area contributed by atoms with Crippen LogP contribution in [0.15, 0.2) is 11.0 Å². The Morgan fingerprint density at radius 3 is 2.83 bits per heavy atom. The molecule has 0 atom stereocenters. The third-order valence-corrected chi connectivity index (χ3v) is 3.34. The molecule has 1 heterocycles. The Hall–Kier alpha value is -2.15. The molecular weight excluding hydrogens is 231 g/mol. The summed E-state index contributed by atoms with van der Waals surface area (Å²) in [6.45, 7) is 5.28. The Balaban J connectivity index is 2.41. The molecule has 0 bridgehead atoms. The summed E-state index contributed by atoms with van der Waals surface area (Å²) in [5, 5.41) is 9.20. The van der Waals surface area contributed by atoms with Crippen LogP contribution >= 0.6 is 0 Å². The van der Waals surface area contributed by atoms with E-state index in [-0.39, 0.29) is 11.5 Å². The van der Waals surface area contributed by atoms with Crippen molar-refractivity contribution in [2.24, 2.45) is 0 Å². The highest BCUT2D eigenvalue weighted by atomic mass is 19.1. The topological polar surface area (TPSA) is 49.8 Å². The van der Waals surface area contributed by atoms with E-state index in [1.54, 1.807) is 6.92 Å². The van der Waals surface area contributed by atoms with Gasteiger partial charge in [-0.3, -0.25) is 0 Å². The zero-order valence-electron chi connectivity index (χ0n) is 9.96. The van der Waals surface area contributed by atoms with Crippen LogP contribution in [-0.4, -0.2) is 4.98 Å². The van der Waals surface area contributed by atoms with Crippen molar-refractivity contribution in [3.8, 4) is 6.07 Å². The molecule has 1 aliphatic carbocycles. The van der Waals surface area contributed by atoms with E-state index in [9.17, 15) is 9.65 Å². The first kappa shape index (κ1) is 11.0. The lowest BCUT2D eigenvalue weighted by Gasteiger charge is -2.04. The first-order valence-corrected chi connectivity index (χ1v) is 5.82. The molecule has 1 aromatic heterocycles. The third-order valence-electron chi connectivity index (χ3n) is 3.34. The molecule has 4 heteroatoms. The number of nitriles is 1. The molecule has 3 rings (SSSR count). The van der Waals surface area contributed by atoms with Crippen molar-refractivity contribution in [3.05, 3.63) is 35.0 Å². The van der Waals surface area contributed by atoms with Crippen LogP contribution in [0.25, 0.3) is 17.2 Å². The summed E-state index contributed by atoms with van der Waals surface area (Å²) in [4.78, 5) is 4.28. The molecule has 18 heavy (non-hydrogen) atoms. The Labute approximate surface area is 104 Å². The van der Waals surface area contributed by atoms with Gasteiger partial charge in [0, 0.05) is 11.5 Å². The van der Waals surface area contributed by atoms with Gasteiger partial charge in [-0.05, 0) is 25.3 Å². The van der Waals surface area contributed by atoms with Gasteiger partial charge in [0.2, 0.25) is 0 Å². The zero-order valence-corrected chi connectivity index (χ0v) is 9.96. The lowest BCUT2D eigenvalue weighted by molar-refractivity contribution is 0.507. The molecule has 2 aromatic rings. The van der Waals surface area contributed by atoms with Gasteiger partial charge in [-0.25, -0.2) is 9.37 Å². The number of halogens is 1. The highest BCUT2D eigenvalue weighted by Crippen LogP contribution is 2.42. The third kappa shape index (κ3) is 1.37. The summed E-state index contributed by atoms with van der Waals surface area (Å²) in [6.07, 6.45) is 3.44. The first-order valence-electron chi connectivity index (χ1n) is 5.82. The molecule has 0 saturated heterocycles. The van der Waals surface area contributed by atoms with Gasteiger partial charge >= 0.3 is 0 Å². The quantitative estimate of drug-likeness (QED) is 0.807. The van der Waals surface area contributed by atoms with Crippen LogP contribution < -0.4 is 0 Å². The minimum atomic E-state index is -0.476. The number of aromatic nitrogens is 1. The van der Waals surface area contributed by atoms with Gasteiger partial charge in [-0.15, -0.1) is 0 Å². The van der Waals surface area contributed by atoms with Crippen LogP contribution in [-0.2, 0) is 0 Å². The van der Waals surface area contributed by atoms with Gasteiger partial charge in [0.25, 0.3) is 0 Å². The highest BCUT2D eigenvalue weighted by molar-refractivity contribution is 5.85. The van der Waals surface area contributed by atoms with Crippen molar-refractivity contribution in [2.75, 3.05) is 0 Å². The second-order valence-corrected chi connectivity index (χ2v) is 4.55. The summed E-state index contributed by atoms with van der Waals surface area (Å²) >= 11 is 0. The van der Waals surface area contributed by atoms with E-state index in [1.807, 2.05) is 0 Å². The maximum absolute atomic E-state index is 14.2. The number of fused-ring (bicyclic) bond motifs is 1. The summed E-state index contributed by atoms with van der Waals surface area (Å²) in [5.74, 6) is 0.354. The molecule has 0 radical (unpaired) electrons. The van der Waals surface area contributed by atoms with Crippen molar-refractivity contribution >= 4 is 17.2 Å². The van der Waals surface area contributed by atoms with E-state index < -0.39 is 5.82 Å². The lowest BCUT2D eigenvalue weighted by Crippen LogP contribution is -1.94. The normalized spacial score (nSPS) is 14.7. The molecule has 0 unspecified atom stereocenters. The van der Waals surface area contributed by atoms with Crippen molar-refractivity contribution in [1.82, 2.24) is 4.98 Å².